The monoisotopic (exact) mass is 379 g/mol. The Morgan fingerprint density at radius 3 is 2.60 bits per heavy atom. The van der Waals surface area contributed by atoms with Crippen molar-refractivity contribution < 1.29 is 24.0 Å². The first kappa shape index (κ1) is 16.4. The van der Waals surface area contributed by atoms with E-state index in [9.17, 15) is 9.59 Å². The number of hydrogen-bond donors (Lipinski definition) is 1. The molecule has 0 aliphatic carbocycles. The molecule has 0 fully saturated rings. The fraction of sp³-hybridized carbons (Fsp3) is 0.294. The molecule has 8 heteroatoms. The molecule has 0 spiro atoms. The number of fused-ring (bicyclic) bond motifs is 2. The first-order valence-electron chi connectivity index (χ1n) is 7.88. The van der Waals surface area contributed by atoms with Crippen molar-refractivity contribution in [2.75, 3.05) is 31.8 Å². The molecule has 1 atom stereocenters. The highest BCUT2D eigenvalue weighted by Crippen LogP contribution is 2.40. The number of hydrogen-bond acceptors (Lipinski definition) is 5. The molecule has 2 aromatic rings. The fourth-order valence-corrected chi connectivity index (χ4v) is 4.26. The summed E-state index contributed by atoms with van der Waals surface area (Å²) in [6, 6.07) is 7.17. The highest BCUT2D eigenvalue weighted by molar-refractivity contribution is 7.16. The van der Waals surface area contributed by atoms with Crippen molar-refractivity contribution in [2.24, 2.45) is 0 Å². The molecule has 130 valence electrons. The summed E-state index contributed by atoms with van der Waals surface area (Å²) in [4.78, 5) is 28.5. The van der Waals surface area contributed by atoms with Gasteiger partial charge in [0.1, 0.15) is 19.8 Å². The molecule has 6 nitrogen and oxygen atoms in total. The van der Waals surface area contributed by atoms with E-state index in [1.54, 1.807) is 12.1 Å². The van der Waals surface area contributed by atoms with Gasteiger partial charge in [0.25, 0.3) is 5.78 Å². The molecule has 25 heavy (non-hydrogen) atoms. The van der Waals surface area contributed by atoms with Gasteiger partial charge in [-0.05, 0) is 18.2 Å². The number of nitrogens with zero attached hydrogens (tertiary/aromatic N) is 1. The van der Waals surface area contributed by atoms with Gasteiger partial charge in [0.2, 0.25) is 0 Å². The van der Waals surface area contributed by atoms with Gasteiger partial charge in [0, 0.05) is 6.07 Å². The second-order valence-corrected chi connectivity index (χ2v) is 7.87. The zero-order valence-corrected chi connectivity index (χ0v) is 15.1. The normalized spacial score (nSPS) is 17.0. The van der Waals surface area contributed by atoms with Gasteiger partial charge in [-0.25, -0.2) is 0 Å². The van der Waals surface area contributed by atoms with Gasteiger partial charge in [-0.2, -0.15) is 0 Å². The quantitative estimate of drug-likeness (QED) is 0.815. The summed E-state index contributed by atoms with van der Waals surface area (Å²) in [5.41, 5.74) is 0.962. The Balaban J connectivity index is 1.58. The van der Waals surface area contributed by atoms with E-state index >= 15 is 0 Å². The minimum atomic E-state index is -0.513. The molecule has 1 amide bonds. The van der Waals surface area contributed by atoms with Gasteiger partial charge < -0.3 is 14.4 Å². The van der Waals surface area contributed by atoms with Crippen LogP contribution < -0.4 is 19.3 Å². The molecule has 2 aliphatic heterocycles. The van der Waals surface area contributed by atoms with Crippen LogP contribution in [-0.4, -0.2) is 38.6 Å². The SMILES string of the molecule is C[NH+](Cc1ccc(Cl)s1)CN1C(=O)C(=O)c2cc3c(cc21)OCCO3. The maximum Gasteiger partial charge on any atom is 0.303 e. The lowest BCUT2D eigenvalue weighted by atomic mass is 10.1. The van der Waals surface area contributed by atoms with Crippen molar-refractivity contribution in [1.82, 2.24) is 0 Å². The standard InChI is InChI=1S/C17H15ClN2O4S/c1-19(8-10-2-3-15(18)25-10)9-20-12-7-14-13(23-4-5-24-14)6-11(12)16(21)17(20)22/h2-3,6-7H,4-5,8-9H2,1H3/p+1. The topological polar surface area (TPSA) is 60.3 Å². The Kier molecular flexibility index (Phi) is 4.15. The third kappa shape index (κ3) is 2.99. The molecular weight excluding hydrogens is 364 g/mol. The highest BCUT2D eigenvalue weighted by atomic mass is 35.5. The van der Waals surface area contributed by atoms with Crippen LogP contribution in [0.2, 0.25) is 4.34 Å². The van der Waals surface area contributed by atoms with Crippen LogP contribution in [0.5, 0.6) is 11.5 Å². The van der Waals surface area contributed by atoms with Crippen molar-refractivity contribution in [3.05, 3.63) is 39.0 Å². The van der Waals surface area contributed by atoms with Gasteiger partial charge in [0.05, 0.1) is 27.5 Å². The maximum absolute atomic E-state index is 12.4. The molecule has 0 saturated heterocycles. The lowest BCUT2D eigenvalue weighted by Crippen LogP contribution is -3.09. The Labute approximate surface area is 153 Å². The lowest BCUT2D eigenvalue weighted by Gasteiger charge is -2.23. The van der Waals surface area contributed by atoms with E-state index < -0.39 is 11.7 Å². The number of benzene rings is 1. The number of rotatable bonds is 4. The number of ether oxygens (including phenoxy) is 2. The van der Waals surface area contributed by atoms with Crippen LogP contribution in [-0.2, 0) is 11.3 Å². The number of nitrogens with one attached hydrogen (secondary N) is 1. The Morgan fingerprint density at radius 2 is 1.92 bits per heavy atom. The number of carbonyl (C=O) groups is 2. The van der Waals surface area contributed by atoms with E-state index in [1.807, 2.05) is 19.2 Å². The molecule has 3 heterocycles. The van der Waals surface area contributed by atoms with Gasteiger partial charge in [-0.15, -0.1) is 11.3 Å². The lowest BCUT2D eigenvalue weighted by molar-refractivity contribution is -0.892. The molecule has 0 bridgehead atoms. The summed E-state index contributed by atoms with van der Waals surface area (Å²) in [5, 5.41) is 0. The number of amides is 1. The van der Waals surface area contributed by atoms with E-state index in [-0.39, 0.29) is 0 Å². The second kappa shape index (κ2) is 6.33. The van der Waals surface area contributed by atoms with Crippen LogP contribution in [0.15, 0.2) is 24.3 Å². The largest absolute Gasteiger partial charge is 0.486 e. The number of halogens is 1. The summed E-state index contributed by atoms with van der Waals surface area (Å²) in [6.45, 7) is 1.99. The summed E-state index contributed by atoms with van der Waals surface area (Å²) in [5.74, 6) is 0.0713. The van der Waals surface area contributed by atoms with Crippen LogP contribution in [0.4, 0.5) is 5.69 Å². The van der Waals surface area contributed by atoms with Crippen molar-refractivity contribution in [3.8, 4) is 11.5 Å². The minimum Gasteiger partial charge on any atom is -0.486 e. The Hall–Kier alpha value is -2.09. The number of Topliss-reactive ketones (excluding diaryl/α,β-unsaturated/α-hetero) is 1. The third-order valence-corrected chi connectivity index (χ3v) is 5.40. The first-order valence-corrected chi connectivity index (χ1v) is 9.08. The smallest absolute Gasteiger partial charge is 0.303 e. The fourth-order valence-electron chi connectivity index (χ4n) is 3.06. The highest BCUT2D eigenvalue weighted by Gasteiger charge is 2.39. The summed E-state index contributed by atoms with van der Waals surface area (Å²) in [6.07, 6.45) is 0. The van der Waals surface area contributed by atoms with Crippen molar-refractivity contribution in [3.63, 3.8) is 0 Å². The van der Waals surface area contributed by atoms with Crippen molar-refractivity contribution in [2.45, 2.75) is 6.54 Å². The number of anilines is 1. The van der Waals surface area contributed by atoms with Crippen LogP contribution in [0.25, 0.3) is 0 Å². The number of ketones is 1. The Morgan fingerprint density at radius 1 is 1.20 bits per heavy atom. The predicted octanol–water partition coefficient (Wildman–Crippen LogP) is 1.37. The first-order chi connectivity index (χ1) is 12.0. The number of quaternary nitrogens is 1. The third-order valence-electron chi connectivity index (χ3n) is 4.17. The van der Waals surface area contributed by atoms with Gasteiger partial charge in [-0.3, -0.25) is 14.5 Å². The van der Waals surface area contributed by atoms with Crippen LogP contribution in [0.1, 0.15) is 15.2 Å². The van der Waals surface area contributed by atoms with Crippen LogP contribution >= 0.6 is 22.9 Å². The zero-order chi connectivity index (χ0) is 17.6. The van der Waals surface area contributed by atoms with Crippen molar-refractivity contribution >= 4 is 40.3 Å². The van der Waals surface area contributed by atoms with E-state index in [2.05, 4.69) is 0 Å². The predicted molar refractivity (Wildman–Crippen MR) is 94.0 cm³/mol. The zero-order valence-electron chi connectivity index (χ0n) is 13.5. The molecule has 2 aliphatic rings. The molecular formula is C17H16ClN2O4S+. The van der Waals surface area contributed by atoms with E-state index in [1.165, 1.54) is 16.2 Å². The van der Waals surface area contributed by atoms with Crippen LogP contribution in [0, 0.1) is 0 Å². The molecule has 4 rings (SSSR count). The summed E-state index contributed by atoms with van der Waals surface area (Å²) in [7, 11) is 1.97. The maximum atomic E-state index is 12.4. The van der Waals surface area contributed by atoms with E-state index in [4.69, 9.17) is 21.1 Å². The summed E-state index contributed by atoms with van der Waals surface area (Å²) < 4.78 is 11.8. The molecule has 1 aromatic carbocycles. The number of carbonyl (C=O) groups excluding carboxylic acids is 2. The molecule has 1 unspecified atom stereocenters. The van der Waals surface area contributed by atoms with Gasteiger partial charge in [0.15, 0.2) is 18.2 Å². The van der Waals surface area contributed by atoms with E-state index in [0.717, 1.165) is 20.7 Å². The average Bonchev–Trinajstić information content (AvgIpc) is 3.10. The number of thiophene rings is 1. The Bertz CT molecular complexity index is 866. The molecule has 0 saturated carbocycles. The van der Waals surface area contributed by atoms with Gasteiger partial charge in [-0.1, -0.05) is 11.6 Å². The van der Waals surface area contributed by atoms with E-state index in [0.29, 0.717) is 42.6 Å². The van der Waals surface area contributed by atoms with Crippen molar-refractivity contribution in [1.29, 1.82) is 0 Å². The molecule has 1 aromatic heterocycles. The van der Waals surface area contributed by atoms with Crippen LogP contribution in [0.3, 0.4) is 0 Å². The average molecular weight is 380 g/mol. The molecule has 1 N–H and O–H groups in total. The molecule has 0 radical (unpaired) electrons. The van der Waals surface area contributed by atoms with Gasteiger partial charge >= 0.3 is 5.91 Å². The second-order valence-electron chi connectivity index (χ2n) is 6.07. The summed E-state index contributed by atoms with van der Waals surface area (Å²) >= 11 is 7.48. The minimum absolute atomic E-state index is 0.376.